The van der Waals surface area contributed by atoms with Gasteiger partial charge in [-0.2, -0.15) is 0 Å². The molecule has 8 heteroatoms. The van der Waals surface area contributed by atoms with Crippen LogP contribution in [-0.2, 0) is 20.9 Å². The molecule has 2 unspecified atom stereocenters. The molecule has 2 atom stereocenters. The maximum Gasteiger partial charge on any atom is 0.382 e. The average molecular weight is 426 g/mol. The highest BCUT2D eigenvalue weighted by Gasteiger charge is 2.43. The van der Waals surface area contributed by atoms with Crippen LogP contribution in [0.2, 0.25) is 0 Å². The molecule has 0 saturated carbocycles. The largest absolute Gasteiger partial charge is 0.488 e. The van der Waals surface area contributed by atoms with Crippen molar-refractivity contribution in [3.8, 4) is 5.75 Å². The Balaban J connectivity index is 2.01. The second-order valence-corrected chi connectivity index (χ2v) is 7.47. The number of H-pyrrole nitrogens is 1. The van der Waals surface area contributed by atoms with Crippen LogP contribution in [0.25, 0.3) is 10.9 Å². The molecular formula is C23H26N2O6. The minimum absolute atomic E-state index is 0.0290. The van der Waals surface area contributed by atoms with Crippen molar-refractivity contribution in [3.63, 3.8) is 0 Å². The molecule has 0 aliphatic carbocycles. The predicted molar refractivity (Wildman–Crippen MR) is 116 cm³/mol. The normalized spacial score (nSPS) is 13.2. The summed E-state index contributed by atoms with van der Waals surface area (Å²) >= 11 is 0. The van der Waals surface area contributed by atoms with Crippen molar-refractivity contribution in [2.45, 2.75) is 38.5 Å². The zero-order chi connectivity index (χ0) is 22.4. The Hall–Kier alpha value is -3.39. The van der Waals surface area contributed by atoms with E-state index >= 15 is 0 Å². The van der Waals surface area contributed by atoms with Gasteiger partial charge in [0.2, 0.25) is 0 Å². The standard InChI is InChI=1S/C23H26N2O6/c1-15(2)31-23(26)22(25(27)28)18(14-29-3)17-12-24-19-10-7-11-20(21(17)19)30-13-16-8-5-4-6-9-16/h4-12,15,18,22,24H,13-14H2,1-3H3. The van der Waals surface area contributed by atoms with E-state index in [0.717, 1.165) is 11.1 Å². The lowest BCUT2D eigenvalue weighted by Gasteiger charge is -2.20. The molecule has 3 rings (SSSR count). The van der Waals surface area contributed by atoms with E-state index in [1.807, 2.05) is 42.5 Å². The summed E-state index contributed by atoms with van der Waals surface area (Å²) in [4.78, 5) is 27.0. The fourth-order valence-electron chi connectivity index (χ4n) is 3.55. The smallest absolute Gasteiger partial charge is 0.382 e. The van der Waals surface area contributed by atoms with Gasteiger partial charge >= 0.3 is 12.0 Å². The number of aromatic nitrogens is 1. The molecule has 1 aromatic heterocycles. The Kier molecular flexibility index (Phi) is 7.25. The molecule has 0 spiro atoms. The number of aromatic amines is 1. The van der Waals surface area contributed by atoms with Crippen molar-refractivity contribution in [3.05, 3.63) is 76.0 Å². The molecule has 0 radical (unpaired) electrons. The summed E-state index contributed by atoms with van der Waals surface area (Å²) in [6.07, 6.45) is 1.20. The Labute approximate surface area is 180 Å². The van der Waals surface area contributed by atoms with E-state index in [0.29, 0.717) is 23.3 Å². The van der Waals surface area contributed by atoms with Gasteiger partial charge in [-0.1, -0.05) is 36.4 Å². The van der Waals surface area contributed by atoms with Crippen LogP contribution in [0.1, 0.15) is 30.9 Å². The highest BCUT2D eigenvalue weighted by atomic mass is 16.6. The van der Waals surface area contributed by atoms with Crippen LogP contribution in [0.5, 0.6) is 5.75 Å². The highest BCUT2D eigenvalue weighted by molar-refractivity contribution is 5.91. The van der Waals surface area contributed by atoms with Crippen molar-refractivity contribution in [2.24, 2.45) is 0 Å². The summed E-state index contributed by atoms with van der Waals surface area (Å²) in [5, 5.41) is 12.6. The number of fused-ring (bicyclic) bond motifs is 1. The molecule has 0 bridgehead atoms. The number of ether oxygens (including phenoxy) is 3. The van der Waals surface area contributed by atoms with Crippen LogP contribution in [0.15, 0.2) is 54.7 Å². The van der Waals surface area contributed by atoms with Gasteiger partial charge in [0.1, 0.15) is 12.4 Å². The number of carbonyl (C=O) groups excluding carboxylic acids is 1. The molecule has 0 amide bonds. The molecule has 0 fully saturated rings. The number of esters is 1. The number of carbonyl (C=O) groups is 1. The molecule has 1 heterocycles. The topological polar surface area (TPSA) is 104 Å². The first-order valence-electron chi connectivity index (χ1n) is 10.0. The third-order valence-corrected chi connectivity index (χ3v) is 4.88. The summed E-state index contributed by atoms with van der Waals surface area (Å²) in [6, 6.07) is 13.6. The molecule has 8 nitrogen and oxygen atoms in total. The van der Waals surface area contributed by atoms with E-state index in [-0.39, 0.29) is 6.61 Å². The van der Waals surface area contributed by atoms with Gasteiger partial charge in [0.05, 0.1) is 18.6 Å². The molecular weight excluding hydrogens is 400 g/mol. The zero-order valence-corrected chi connectivity index (χ0v) is 17.7. The van der Waals surface area contributed by atoms with Gasteiger partial charge in [-0.25, -0.2) is 4.79 Å². The molecule has 164 valence electrons. The van der Waals surface area contributed by atoms with Crippen molar-refractivity contribution >= 4 is 16.9 Å². The van der Waals surface area contributed by atoms with Crippen molar-refractivity contribution < 1.29 is 23.9 Å². The molecule has 0 saturated heterocycles. The van der Waals surface area contributed by atoms with Gasteiger partial charge in [0, 0.05) is 29.1 Å². The minimum atomic E-state index is -1.61. The van der Waals surface area contributed by atoms with Crippen LogP contribution >= 0.6 is 0 Å². The highest BCUT2D eigenvalue weighted by Crippen LogP contribution is 2.36. The number of hydrogen-bond donors (Lipinski definition) is 1. The summed E-state index contributed by atoms with van der Waals surface area (Å²) in [5.41, 5.74) is 2.32. The van der Waals surface area contributed by atoms with Crippen LogP contribution in [0.3, 0.4) is 0 Å². The molecule has 0 aliphatic heterocycles. The maximum absolute atomic E-state index is 12.6. The second kappa shape index (κ2) is 10.1. The van der Waals surface area contributed by atoms with Crippen molar-refractivity contribution in [2.75, 3.05) is 13.7 Å². The monoisotopic (exact) mass is 426 g/mol. The summed E-state index contributed by atoms with van der Waals surface area (Å²) < 4.78 is 16.5. The molecule has 3 aromatic rings. The molecule has 2 aromatic carbocycles. The first-order valence-corrected chi connectivity index (χ1v) is 10.0. The van der Waals surface area contributed by atoms with E-state index in [4.69, 9.17) is 14.2 Å². The third-order valence-electron chi connectivity index (χ3n) is 4.88. The van der Waals surface area contributed by atoms with Gasteiger partial charge in [-0.15, -0.1) is 0 Å². The molecule has 0 aliphatic rings. The number of nitrogens with one attached hydrogen (secondary N) is 1. The summed E-state index contributed by atoms with van der Waals surface area (Å²) in [5.74, 6) is -1.18. The van der Waals surface area contributed by atoms with Crippen LogP contribution in [0.4, 0.5) is 0 Å². The quantitative estimate of drug-likeness (QED) is 0.298. The third kappa shape index (κ3) is 5.21. The Morgan fingerprint density at radius 2 is 1.87 bits per heavy atom. The van der Waals surface area contributed by atoms with Gasteiger partial charge in [0.25, 0.3) is 0 Å². The van der Waals surface area contributed by atoms with E-state index in [9.17, 15) is 14.9 Å². The van der Waals surface area contributed by atoms with E-state index in [1.165, 1.54) is 7.11 Å². The number of methoxy groups -OCH3 is 1. The van der Waals surface area contributed by atoms with E-state index in [1.54, 1.807) is 26.1 Å². The van der Waals surface area contributed by atoms with Crippen molar-refractivity contribution in [1.82, 2.24) is 4.98 Å². The van der Waals surface area contributed by atoms with Gasteiger partial charge < -0.3 is 19.2 Å². The number of nitro groups is 1. The van der Waals surface area contributed by atoms with Gasteiger partial charge in [-0.05, 0) is 37.1 Å². The lowest BCUT2D eigenvalue weighted by atomic mass is 9.91. The second-order valence-electron chi connectivity index (χ2n) is 7.47. The lowest BCUT2D eigenvalue weighted by molar-refractivity contribution is -0.515. The first kappa shape index (κ1) is 22.3. The Morgan fingerprint density at radius 1 is 1.13 bits per heavy atom. The fraction of sp³-hybridized carbons (Fsp3) is 0.348. The van der Waals surface area contributed by atoms with Crippen molar-refractivity contribution in [1.29, 1.82) is 0 Å². The SMILES string of the molecule is COCC(c1c[nH]c2cccc(OCc3ccccc3)c12)C(C(=O)OC(C)C)[N+](=O)[O-]. The van der Waals surface area contributed by atoms with Gasteiger partial charge in [-0.3, -0.25) is 10.1 Å². The van der Waals surface area contributed by atoms with Crippen LogP contribution < -0.4 is 4.74 Å². The number of hydrogen-bond acceptors (Lipinski definition) is 6. The number of nitrogens with zero attached hydrogens (tertiary/aromatic N) is 1. The zero-order valence-electron chi connectivity index (χ0n) is 17.7. The first-order chi connectivity index (χ1) is 14.9. The predicted octanol–water partition coefficient (Wildman–Crippen LogP) is 4.07. The summed E-state index contributed by atoms with van der Waals surface area (Å²) in [7, 11) is 1.44. The maximum atomic E-state index is 12.6. The van der Waals surface area contributed by atoms with Crippen LogP contribution in [0, 0.1) is 10.1 Å². The fourth-order valence-corrected chi connectivity index (χ4v) is 3.55. The lowest BCUT2D eigenvalue weighted by Crippen LogP contribution is -2.40. The number of benzene rings is 2. The minimum Gasteiger partial charge on any atom is -0.488 e. The van der Waals surface area contributed by atoms with E-state index < -0.39 is 29.0 Å². The summed E-state index contributed by atoms with van der Waals surface area (Å²) in [6.45, 7) is 3.62. The van der Waals surface area contributed by atoms with Crippen LogP contribution in [-0.4, -0.2) is 41.7 Å². The average Bonchev–Trinajstić information content (AvgIpc) is 3.16. The van der Waals surface area contributed by atoms with Gasteiger partial charge in [0.15, 0.2) is 0 Å². The molecule has 31 heavy (non-hydrogen) atoms. The molecule has 1 N–H and O–H groups in total. The Bertz CT molecular complexity index is 1030. The Morgan fingerprint density at radius 3 is 2.52 bits per heavy atom. The number of rotatable bonds is 10. The van der Waals surface area contributed by atoms with E-state index in [2.05, 4.69) is 4.98 Å².